The molecule has 7 N–H and O–H groups in total. The lowest BCUT2D eigenvalue weighted by Gasteiger charge is -2.40. The monoisotopic (exact) mass is 872 g/mol. The molecule has 0 radical (unpaired) electrons. The van der Waals surface area contributed by atoms with Crippen molar-refractivity contribution in [2.24, 2.45) is 0 Å². The highest BCUT2D eigenvalue weighted by Gasteiger charge is 2.43. The van der Waals surface area contributed by atoms with Gasteiger partial charge in [0.15, 0.2) is 0 Å². The van der Waals surface area contributed by atoms with Gasteiger partial charge in [0.2, 0.25) is 5.91 Å². The molecule has 1 saturated heterocycles. The second-order valence-electron chi connectivity index (χ2n) is 18.8. The molecule has 0 bridgehead atoms. The summed E-state index contributed by atoms with van der Waals surface area (Å²) >= 11 is 0. The van der Waals surface area contributed by atoms with Gasteiger partial charge in [0.1, 0.15) is 24.4 Å². The van der Waals surface area contributed by atoms with Gasteiger partial charge in [0, 0.05) is 19.6 Å². The number of aliphatic hydroxyl groups is 6. The van der Waals surface area contributed by atoms with Crippen LogP contribution in [0.5, 0.6) is 0 Å². The quantitative estimate of drug-likeness (QED) is 0.0295. The highest BCUT2D eigenvalue weighted by molar-refractivity contribution is 5.76. The fourth-order valence-electron chi connectivity index (χ4n) is 8.88. The van der Waals surface area contributed by atoms with Crippen molar-refractivity contribution >= 4 is 5.91 Å². The lowest BCUT2D eigenvalue weighted by atomic mass is 9.90. The third kappa shape index (κ3) is 31.6. The lowest BCUT2D eigenvalue weighted by Crippen LogP contribution is -2.59. The first-order valence-electron chi connectivity index (χ1n) is 26.3. The summed E-state index contributed by atoms with van der Waals surface area (Å²) in [5.74, 6) is -0.177. The fraction of sp³-hybridized carbons (Fsp3) is 0.980. The van der Waals surface area contributed by atoms with Gasteiger partial charge in [0.25, 0.3) is 0 Å². The summed E-state index contributed by atoms with van der Waals surface area (Å²) in [6.45, 7) is 5.85. The lowest BCUT2D eigenvalue weighted by molar-refractivity contribution is -0.231. The molecule has 1 rings (SSSR count). The van der Waals surface area contributed by atoms with Crippen LogP contribution in [0, 0.1) is 0 Å². The molecular formula is C51H101NO9. The number of carbonyl (C=O) groups is 1. The molecule has 1 fully saturated rings. The number of rotatable bonds is 45. The maximum Gasteiger partial charge on any atom is 0.220 e. The Morgan fingerprint density at radius 3 is 1.33 bits per heavy atom. The van der Waals surface area contributed by atoms with Crippen LogP contribution in [0.2, 0.25) is 0 Å². The van der Waals surface area contributed by atoms with Crippen molar-refractivity contribution in [3.8, 4) is 0 Å². The molecule has 0 aromatic carbocycles. The summed E-state index contributed by atoms with van der Waals surface area (Å²) in [6.07, 6.45) is 33.6. The van der Waals surface area contributed by atoms with E-state index in [1.807, 2.05) is 0 Å². The van der Waals surface area contributed by atoms with Gasteiger partial charge in [-0.25, -0.2) is 0 Å². The Hall–Kier alpha value is -0.850. The van der Waals surface area contributed by atoms with Crippen LogP contribution in [0.3, 0.4) is 0 Å². The Labute approximate surface area is 375 Å². The van der Waals surface area contributed by atoms with Gasteiger partial charge in [-0.1, -0.05) is 206 Å². The third-order valence-electron chi connectivity index (χ3n) is 13.1. The predicted molar refractivity (Wildman–Crippen MR) is 251 cm³/mol. The Morgan fingerprint density at radius 1 is 0.508 bits per heavy atom. The minimum Gasteiger partial charge on any atom is -0.394 e. The summed E-state index contributed by atoms with van der Waals surface area (Å²) in [5, 5.41) is 65.8. The summed E-state index contributed by atoms with van der Waals surface area (Å²) in [5.41, 5.74) is 0. The highest BCUT2D eigenvalue weighted by atomic mass is 16.5. The van der Waals surface area contributed by atoms with Crippen LogP contribution in [0.15, 0.2) is 0 Å². The molecule has 0 aliphatic carbocycles. The van der Waals surface area contributed by atoms with Crippen LogP contribution in [-0.2, 0) is 14.3 Å². The van der Waals surface area contributed by atoms with E-state index < -0.39 is 55.4 Å². The van der Waals surface area contributed by atoms with Gasteiger partial charge in [-0.15, -0.1) is 0 Å². The van der Waals surface area contributed by atoms with Crippen LogP contribution < -0.4 is 5.32 Å². The van der Waals surface area contributed by atoms with Gasteiger partial charge in [-0.2, -0.15) is 0 Å². The second-order valence-corrected chi connectivity index (χ2v) is 18.8. The topological polar surface area (TPSA) is 169 Å². The van der Waals surface area contributed by atoms with E-state index in [1.165, 1.54) is 173 Å². The zero-order valence-corrected chi connectivity index (χ0v) is 39.8. The van der Waals surface area contributed by atoms with E-state index in [9.17, 15) is 35.4 Å². The summed E-state index contributed by atoms with van der Waals surface area (Å²) in [6, 6.07) is -0.766. The first kappa shape index (κ1) is 58.2. The molecule has 10 heteroatoms. The van der Waals surface area contributed by atoms with E-state index in [2.05, 4.69) is 19.2 Å². The van der Waals surface area contributed by atoms with E-state index in [4.69, 9.17) is 9.47 Å². The molecule has 0 saturated carbocycles. The molecule has 2 unspecified atom stereocenters. The SMILES string of the molecule is CCCCCCCCCCCCCC[C@@H](O)[C@@H](O)[C@H](CC[C@@H]1OC(CO)[C@H](O)[C@H](O)C1O)NC(=O)CCCCCCCCCCCCCCCCCCCOCCCCCC. The number of hydrogen-bond donors (Lipinski definition) is 7. The third-order valence-corrected chi connectivity index (χ3v) is 13.1. The van der Waals surface area contributed by atoms with Crippen molar-refractivity contribution in [1.29, 1.82) is 0 Å². The Kier molecular flexibility index (Phi) is 39.9. The van der Waals surface area contributed by atoms with Gasteiger partial charge in [0.05, 0.1) is 31.0 Å². The Balaban J connectivity index is 2.24. The molecule has 1 aliphatic heterocycles. The van der Waals surface area contributed by atoms with Crippen molar-refractivity contribution in [3.63, 3.8) is 0 Å². The maximum absolute atomic E-state index is 13.1. The fourth-order valence-corrected chi connectivity index (χ4v) is 8.88. The number of hydrogen-bond acceptors (Lipinski definition) is 9. The number of nitrogens with one attached hydrogen (secondary N) is 1. The van der Waals surface area contributed by atoms with Crippen LogP contribution in [-0.4, -0.2) is 105 Å². The van der Waals surface area contributed by atoms with E-state index in [0.717, 1.165) is 51.7 Å². The van der Waals surface area contributed by atoms with Crippen molar-refractivity contribution in [1.82, 2.24) is 5.32 Å². The smallest absolute Gasteiger partial charge is 0.220 e. The maximum atomic E-state index is 13.1. The summed E-state index contributed by atoms with van der Waals surface area (Å²) in [4.78, 5) is 13.1. The molecular weight excluding hydrogens is 771 g/mol. The summed E-state index contributed by atoms with van der Waals surface area (Å²) in [7, 11) is 0. The van der Waals surface area contributed by atoms with Crippen molar-refractivity contribution < 1.29 is 44.9 Å². The molecule has 0 spiro atoms. The van der Waals surface area contributed by atoms with E-state index in [0.29, 0.717) is 12.8 Å². The number of ether oxygens (including phenoxy) is 2. The molecule has 1 aliphatic rings. The van der Waals surface area contributed by atoms with Crippen molar-refractivity contribution in [2.75, 3.05) is 19.8 Å². The minimum atomic E-state index is -1.48. The average molecular weight is 872 g/mol. The van der Waals surface area contributed by atoms with E-state index >= 15 is 0 Å². The largest absolute Gasteiger partial charge is 0.394 e. The van der Waals surface area contributed by atoms with Crippen LogP contribution >= 0.6 is 0 Å². The molecule has 10 nitrogen and oxygen atoms in total. The molecule has 1 heterocycles. The summed E-state index contributed by atoms with van der Waals surface area (Å²) < 4.78 is 11.4. The molecule has 364 valence electrons. The van der Waals surface area contributed by atoms with Crippen LogP contribution in [0.4, 0.5) is 0 Å². The highest BCUT2D eigenvalue weighted by Crippen LogP contribution is 2.26. The molecule has 1 amide bonds. The zero-order chi connectivity index (χ0) is 44.6. The van der Waals surface area contributed by atoms with Crippen molar-refractivity contribution in [3.05, 3.63) is 0 Å². The molecule has 0 aromatic heterocycles. The first-order chi connectivity index (χ1) is 29.8. The molecule has 8 atom stereocenters. The second kappa shape index (κ2) is 41.8. The number of amides is 1. The van der Waals surface area contributed by atoms with Crippen LogP contribution in [0.1, 0.15) is 251 Å². The normalized spacial score (nSPS) is 20.8. The Morgan fingerprint density at radius 2 is 0.885 bits per heavy atom. The predicted octanol–water partition coefficient (Wildman–Crippen LogP) is 10.5. The first-order valence-corrected chi connectivity index (χ1v) is 26.3. The van der Waals surface area contributed by atoms with Gasteiger partial charge < -0.3 is 45.4 Å². The number of unbranched alkanes of at least 4 members (excludes halogenated alkanes) is 30. The van der Waals surface area contributed by atoms with Gasteiger partial charge in [-0.3, -0.25) is 4.79 Å². The standard InChI is InChI=1S/C51H101NO9/c1-3-5-7-9-10-11-12-20-23-26-29-32-36-44(54)48(56)43(38-39-45-49(57)51(59)50(58)46(42-53)61-45)52-47(55)37-33-30-27-24-21-18-16-14-13-15-17-19-22-25-28-31-35-41-60-40-34-8-6-4-2/h43-46,48-51,53-54,56-59H,3-42H2,1-2H3,(H,52,55)/t43-,44+,45-,46?,48-,49?,50-,51+/m0/s1. The van der Waals surface area contributed by atoms with Gasteiger partial charge in [-0.05, 0) is 38.5 Å². The van der Waals surface area contributed by atoms with E-state index in [-0.39, 0.29) is 18.7 Å². The molecule has 0 aromatic rings. The van der Waals surface area contributed by atoms with Gasteiger partial charge >= 0.3 is 0 Å². The Bertz CT molecular complexity index is 942. The molecule has 61 heavy (non-hydrogen) atoms. The zero-order valence-electron chi connectivity index (χ0n) is 39.8. The van der Waals surface area contributed by atoms with E-state index in [1.54, 1.807) is 0 Å². The number of carbonyl (C=O) groups excluding carboxylic acids is 1. The minimum absolute atomic E-state index is 0.158. The van der Waals surface area contributed by atoms with Crippen LogP contribution in [0.25, 0.3) is 0 Å². The average Bonchev–Trinajstić information content (AvgIpc) is 3.26. The van der Waals surface area contributed by atoms with Crippen molar-refractivity contribution in [2.45, 2.75) is 300 Å². The number of aliphatic hydroxyl groups excluding tert-OH is 6.